The van der Waals surface area contributed by atoms with Crippen molar-refractivity contribution in [3.05, 3.63) is 11.1 Å². The van der Waals surface area contributed by atoms with E-state index in [0.717, 1.165) is 24.1 Å². The van der Waals surface area contributed by atoms with Gasteiger partial charge in [-0.3, -0.25) is 4.79 Å². The highest BCUT2D eigenvalue weighted by Gasteiger charge is 2.27. The minimum atomic E-state index is 0.0985. The topological polar surface area (TPSA) is 39.2 Å². The van der Waals surface area contributed by atoms with Crippen LogP contribution in [0.5, 0.6) is 5.19 Å². The lowest BCUT2D eigenvalue weighted by Gasteiger charge is -2.01. The molecule has 3 nitrogen and oxygen atoms in total. The first-order valence-electron chi connectivity index (χ1n) is 4.33. The summed E-state index contributed by atoms with van der Waals surface area (Å²) in [6, 6.07) is 0. The van der Waals surface area contributed by atoms with Crippen molar-refractivity contribution >= 4 is 17.1 Å². The van der Waals surface area contributed by atoms with Crippen molar-refractivity contribution in [3.63, 3.8) is 0 Å². The number of rotatable bonds is 2. The minimum absolute atomic E-state index is 0.0985. The number of ether oxygens (including phenoxy) is 1. The van der Waals surface area contributed by atoms with Gasteiger partial charge in [0.05, 0.1) is 13.0 Å². The highest BCUT2D eigenvalue weighted by molar-refractivity contribution is 7.13. The lowest BCUT2D eigenvalue weighted by molar-refractivity contribution is -0.118. The Balaban J connectivity index is 2.19. The molecule has 1 saturated carbocycles. The summed E-state index contributed by atoms with van der Waals surface area (Å²) in [5.74, 6) is 0.452. The summed E-state index contributed by atoms with van der Waals surface area (Å²) in [6.45, 7) is 0. The van der Waals surface area contributed by atoms with E-state index in [1.165, 1.54) is 11.3 Å². The molecule has 1 aliphatic carbocycles. The van der Waals surface area contributed by atoms with Crippen molar-refractivity contribution < 1.29 is 9.53 Å². The third-order valence-corrected chi connectivity index (χ3v) is 3.40. The van der Waals surface area contributed by atoms with Crippen molar-refractivity contribution in [1.82, 2.24) is 4.98 Å². The Morgan fingerprint density at radius 2 is 2.54 bits per heavy atom. The first-order valence-corrected chi connectivity index (χ1v) is 5.15. The normalized spacial score (nSPS) is 22.2. The fourth-order valence-electron chi connectivity index (χ4n) is 1.64. The van der Waals surface area contributed by atoms with Gasteiger partial charge in [0.15, 0.2) is 0 Å². The molecule has 1 heterocycles. The van der Waals surface area contributed by atoms with Gasteiger partial charge in [0.2, 0.25) is 0 Å². The Bertz CT molecular complexity index is 321. The van der Waals surface area contributed by atoms with E-state index in [0.29, 0.717) is 11.0 Å². The predicted molar refractivity (Wildman–Crippen MR) is 50.3 cm³/mol. The van der Waals surface area contributed by atoms with Crippen LogP contribution in [0, 0.1) is 0 Å². The molecule has 1 atom stereocenters. The molecule has 0 spiro atoms. The van der Waals surface area contributed by atoms with Crippen molar-refractivity contribution in [2.45, 2.75) is 25.2 Å². The van der Waals surface area contributed by atoms with Crippen molar-refractivity contribution in [2.75, 3.05) is 7.11 Å². The van der Waals surface area contributed by atoms with Crippen LogP contribution in [0.25, 0.3) is 0 Å². The van der Waals surface area contributed by atoms with Crippen molar-refractivity contribution in [2.24, 2.45) is 0 Å². The SMILES string of the molecule is COc1ncc(C2CCCC2=O)s1. The Kier molecular flexibility index (Phi) is 2.31. The van der Waals surface area contributed by atoms with E-state index in [1.54, 1.807) is 13.3 Å². The molecule has 0 aromatic carbocycles. The quantitative estimate of drug-likeness (QED) is 0.727. The van der Waals surface area contributed by atoms with Crippen LogP contribution in [0.4, 0.5) is 0 Å². The largest absolute Gasteiger partial charge is 0.473 e. The van der Waals surface area contributed by atoms with Crippen LogP contribution in [0.1, 0.15) is 30.1 Å². The molecule has 0 saturated heterocycles. The van der Waals surface area contributed by atoms with Gasteiger partial charge in [-0.1, -0.05) is 11.3 Å². The summed E-state index contributed by atoms with van der Waals surface area (Å²) in [4.78, 5) is 16.5. The van der Waals surface area contributed by atoms with Gasteiger partial charge in [-0.2, -0.15) is 0 Å². The van der Waals surface area contributed by atoms with Crippen molar-refractivity contribution in [3.8, 4) is 5.19 Å². The number of Topliss-reactive ketones (excluding diaryl/α,β-unsaturated/α-hetero) is 1. The Hall–Kier alpha value is -0.900. The number of aromatic nitrogens is 1. The van der Waals surface area contributed by atoms with Crippen LogP contribution < -0.4 is 4.74 Å². The van der Waals surface area contributed by atoms with Crippen LogP contribution in [0.2, 0.25) is 0 Å². The van der Waals surface area contributed by atoms with E-state index in [1.807, 2.05) is 0 Å². The fourth-order valence-corrected chi connectivity index (χ4v) is 2.53. The molecule has 2 rings (SSSR count). The Morgan fingerprint density at radius 3 is 3.08 bits per heavy atom. The number of ketones is 1. The maximum absolute atomic E-state index is 11.4. The van der Waals surface area contributed by atoms with Gasteiger partial charge in [0.25, 0.3) is 5.19 Å². The first-order chi connectivity index (χ1) is 6.31. The maximum atomic E-state index is 11.4. The molecule has 1 aromatic heterocycles. The number of hydrogen-bond acceptors (Lipinski definition) is 4. The molecule has 1 fully saturated rings. The zero-order chi connectivity index (χ0) is 9.26. The molecular weight excluding hydrogens is 186 g/mol. The number of methoxy groups -OCH3 is 1. The van der Waals surface area contributed by atoms with Crippen LogP contribution in [-0.4, -0.2) is 17.9 Å². The predicted octanol–water partition coefficient (Wildman–Crippen LogP) is 1.99. The smallest absolute Gasteiger partial charge is 0.273 e. The minimum Gasteiger partial charge on any atom is -0.473 e. The van der Waals surface area contributed by atoms with Gasteiger partial charge in [-0.05, 0) is 12.8 Å². The molecule has 0 radical (unpaired) electrons. The van der Waals surface area contributed by atoms with E-state index in [2.05, 4.69) is 4.98 Å². The third kappa shape index (κ3) is 1.58. The van der Waals surface area contributed by atoms with E-state index in [4.69, 9.17) is 4.74 Å². The summed E-state index contributed by atoms with van der Waals surface area (Å²) in [7, 11) is 1.60. The molecule has 1 unspecified atom stereocenters. The number of thiazole rings is 1. The lowest BCUT2D eigenvalue weighted by atomic mass is 10.1. The molecule has 0 bridgehead atoms. The molecule has 0 aliphatic heterocycles. The monoisotopic (exact) mass is 197 g/mol. The van der Waals surface area contributed by atoms with Crippen LogP contribution >= 0.6 is 11.3 Å². The second-order valence-corrected chi connectivity index (χ2v) is 4.17. The standard InChI is InChI=1S/C9H11NO2S/c1-12-9-10-5-8(13-9)6-3-2-4-7(6)11/h5-6H,2-4H2,1H3. The zero-order valence-electron chi connectivity index (χ0n) is 7.45. The highest BCUT2D eigenvalue weighted by Crippen LogP contribution is 2.35. The number of nitrogens with zero attached hydrogens (tertiary/aromatic N) is 1. The maximum Gasteiger partial charge on any atom is 0.273 e. The molecule has 1 aliphatic rings. The number of hydrogen-bond donors (Lipinski definition) is 0. The van der Waals surface area contributed by atoms with Gasteiger partial charge in [0.1, 0.15) is 5.78 Å². The number of carbonyl (C=O) groups excluding carboxylic acids is 1. The van der Waals surface area contributed by atoms with Crippen LogP contribution in [0.15, 0.2) is 6.20 Å². The summed E-state index contributed by atoms with van der Waals surface area (Å²) in [5.41, 5.74) is 0. The molecule has 13 heavy (non-hydrogen) atoms. The lowest BCUT2D eigenvalue weighted by Crippen LogP contribution is -2.01. The zero-order valence-corrected chi connectivity index (χ0v) is 8.26. The van der Waals surface area contributed by atoms with Gasteiger partial charge in [0, 0.05) is 17.5 Å². The molecule has 0 amide bonds. The average Bonchev–Trinajstić information content (AvgIpc) is 2.71. The van der Waals surface area contributed by atoms with E-state index in [-0.39, 0.29) is 5.92 Å². The molecule has 1 aromatic rings. The second kappa shape index (κ2) is 3.46. The Labute approximate surface area is 80.8 Å². The summed E-state index contributed by atoms with van der Waals surface area (Å²) in [5, 5.41) is 0.648. The fraction of sp³-hybridized carbons (Fsp3) is 0.556. The molecule has 0 N–H and O–H groups in total. The van der Waals surface area contributed by atoms with Crippen LogP contribution in [0.3, 0.4) is 0 Å². The van der Waals surface area contributed by atoms with E-state index in [9.17, 15) is 4.79 Å². The average molecular weight is 197 g/mol. The van der Waals surface area contributed by atoms with Crippen molar-refractivity contribution in [1.29, 1.82) is 0 Å². The van der Waals surface area contributed by atoms with Gasteiger partial charge in [-0.25, -0.2) is 4.98 Å². The number of carbonyl (C=O) groups is 1. The van der Waals surface area contributed by atoms with E-state index < -0.39 is 0 Å². The van der Waals surface area contributed by atoms with Gasteiger partial charge >= 0.3 is 0 Å². The molecule has 4 heteroatoms. The summed E-state index contributed by atoms with van der Waals surface area (Å²) in [6.07, 6.45) is 4.48. The van der Waals surface area contributed by atoms with Gasteiger partial charge < -0.3 is 4.74 Å². The summed E-state index contributed by atoms with van der Waals surface area (Å²) < 4.78 is 4.99. The highest BCUT2D eigenvalue weighted by atomic mass is 32.1. The van der Waals surface area contributed by atoms with Crippen LogP contribution in [-0.2, 0) is 4.79 Å². The molecule has 70 valence electrons. The Morgan fingerprint density at radius 1 is 1.69 bits per heavy atom. The third-order valence-electron chi connectivity index (χ3n) is 2.33. The molecular formula is C9H11NO2S. The van der Waals surface area contributed by atoms with E-state index >= 15 is 0 Å². The van der Waals surface area contributed by atoms with Gasteiger partial charge in [-0.15, -0.1) is 0 Å². The first kappa shape index (κ1) is 8.69. The summed E-state index contributed by atoms with van der Waals surface area (Å²) >= 11 is 1.48. The second-order valence-electron chi connectivity index (χ2n) is 3.14.